The summed E-state index contributed by atoms with van der Waals surface area (Å²) < 4.78 is 33.5. The molecular formula is C11H10F2O4. The lowest BCUT2D eigenvalue weighted by atomic mass is 10.1. The fourth-order valence-electron chi connectivity index (χ4n) is 1.20. The summed E-state index contributed by atoms with van der Waals surface area (Å²) in [7, 11) is 1.30. The highest BCUT2D eigenvalue weighted by molar-refractivity contribution is 5.86. The number of methoxy groups -OCH3 is 1. The molecule has 1 aromatic carbocycles. The van der Waals surface area contributed by atoms with Gasteiger partial charge >= 0.3 is 12.6 Å². The first-order chi connectivity index (χ1) is 8.04. The SMILES string of the molecule is COc1cccc(/C=C/C(=O)O)c1OC(F)F. The second-order valence-electron chi connectivity index (χ2n) is 2.93. The van der Waals surface area contributed by atoms with E-state index in [1.165, 1.54) is 19.2 Å². The fourth-order valence-corrected chi connectivity index (χ4v) is 1.20. The number of hydrogen-bond donors (Lipinski definition) is 1. The van der Waals surface area contributed by atoms with Gasteiger partial charge in [0.05, 0.1) is 7.11 Å². The van der Waals surface area contributed by atoms with Crippen molar-refractivity contribution in [2.24, 2.45) is 0 Å². The van der Waals surface area contributed by atoms with Crippen molar-refractivity contribution in [3.8, 4) is 11.5 Å². The lowest BCUT2D eigenvalue weighted by Gasteiger charge is -2.12. The molecule has 0 aromatic heterocycles. The van der Waals surface area contributed by atoms with E-state index < -0.39 is 12.6 Å². The molecule has 0 saturated carbocycles. The van der Waals surface area contributed by atoms with Crippen molar-refractivity contribution >= 4 is 12.0 Å². The third kappa shape index (κ3) is 3.75. The quantitative estimate of drug-likeness (QED) is 0.808. The molecule has 1 rings (SSSR count). The summed E-state index contributed by atoms with van der Waals surface area (Å²) in [5.41, 5.74) is 0.201. The average Bonchev–Trinajstić information content (AvgIpc) is 2.26. The summed E-state index contributed by atoms with van der Waals surface area (Å²) in [4.78, 5) is 10.4. The van der Waals surface area contributed by atoms with Gasteiger partial charge in [-0.05, 0) is 12.1 Å². The fraction of sp³-hybridized carbons (Fsp3) is 0.182. The number of ether oxygens (including phenoxy) is 2. The van der Waals surface area contributed by atoms with Crippen LogP contribution >= 0.6 is 0 Å². The van der Waals surface area contributed by atoms with Crippen LogP contribution in [0.3, 0.4) is 0 Å². The molecule has 92 valence electrons. The van der Waals surface area contributed by atoms with Crippen LogP contribution in [0.1, 0.15) is 5.56 Å². The zero-order valence-corrected chi connectivity index (χ0v) is 8.89. The highest BCUT2D eigenvalue weighted by atomic mass is 19.3. The van der Waals surface area contributed by atoms with Gasteiger partial charge in [0.25, 0.3) is 0 Å². The lowest BCUT2D eigenvalue weighted by molar-refractivity contribution is -0.131. The van der Waals surface area contributed by atoms with E-state index in [4.69, 9.17) is 9.84 Å². The van der Waals surface area contributed by atoms with Crippen LogP contribution in [-0.4, -0.2) is 24.8 Å². The molecule has 1 aromatic rings. The Kier molecular flexibility index (Phi) is 4.45. The second-order valence-corrected chi connectivity index (χ2v) is 2.93. The number of para-hydroxylation sites is 1. The van der Waals surface area contributed by atoms with Gasteiger partial charge in [0.1, 0.15) is 0 Å². The van der Waals surface area contributed by atoms with E-state index in [1.807, 2.05) is 0 Å². The molecule has 1 N–H and O–H groups in total. The maximum atomic E-state index is 12.2. The lowest BCUT2D eigenvalue weighted by Crippen LogP contribution is -2.05. The predicted octanol–water partition coefficient (Wildman–Crippen LogP) is 2.39. The molecule has 0 amide bonds. The van der Waals surface area contributed by atoms with E-state index in [1.54, 1.807) is 6.07 Å². The van der Waals surface area contributed by atoms with Crippen LogP contribution in [0.4, 0.5) is 8.78 Å². The number of carboxylic acids is 1. The van der Waals surface area contributed by atoms with Gasteiger partial charge in [0.2, 0.25) is 0 Å². The molecule has 0 spiro atoms. The summed E-state index contributed by atoms with van der Waals surface area (Å²) in [5.74, 6) is -1.27. The molecule has 17 heavy (non-hydrogen) atoms. The zero-order valence-electron chi connectivity index (χ0n) is 8.89. The van der Waals surface area contributed by atoms with Gasteiger partial charge in [-0.2, -0.15) is 8.78 Å². The first-order valence-electron chi connectivity index (χ1n) is 4.57. The molecule has 0 atom stereocenters. The highest BCUT2D eigenvalue weighted by Gasteiger charge is 2.13. The van der Waals surface area contributed by atoms with E-state index in [-0.39, 0.29) is 17.1 Å². The Morgan fingerprint density at radius 2 is 2.18 bits per heavy atom. The highest BCUT2D eigenvalue weighted by Crippen LogP contribution is 2.33. The molecule has 0 aliphatic heterocycles. The Morgan fingerprint density at radius 3 is 2.71 bits per heavy atom. The van der Waals surface area contributed by atoms with Crippen molar-refractivity contribution in [3.05, 3.63) is 29.8 Å². The topological polar surface area (TPSA) is 55.8 Å². The Morgan fingerprint density at radius 1 is 1.47 bits per heavy atom. The first-order valence-corrected chi connectivity index (χ1v) is 4.57. The van der Waals surface area contributed by atoms with Gasteiger partial charge in [0, 0.05) is 11.6 Å². The summed E-state index contributed by atoms with van der Waals surface area (Å²) in [6.07, 6.45) is 1.98. The second kappa shape index (κ2) is 5.83. The predicted molar refractivity (Wildman–Crippen MR) is 56.3 cm³/mol. The molecule has 0 bridgehead atoms. The van der Waals surface area contributed by atoms with Crippen molar-refractivity contribution in [2.45, 2.75) is 6.61 Å². The average molecular weight is 244 g/mol. The summed E-state index contributed by atoms with van der Waals surface area (Å²) >= 11 is 0. The van der Waals surface area contributed by atoms with E-state index in [0.29, 0.717) is 0 Å². The molecule has 0 radical (unpaired) electrons. The van der Waals surface area contributed by atoms with Crippen LogP contribution in [0, 0.1) is 0 Å². The molecular weight excluding hydrogens is 234 g/mol. The third-order valence-corrected chi connectivity index (χ3v) is 1.84. The smallest absolute Gasteiger partial charge is 0.387 e. The summed E-state index contributed by atoms with van der Waals surface area (Å²) in [6.45, 7) is -3.01. The minimum absolute atomic E-state index is 0.109. The molecule has 4 nitrogen and oxygen atoms in total. The van der Waals surface area contributed by atoms with Crippen molar-refractivity contribution < 1.29 is 28.2 Å². The molecule has 6 heteroatoms. The van der Waals surface area contributed by atoms with Gasteiger partial charge < -0.3 is 14.6 Å². The Hall–Kier alpha value is -2.11. The maximum absolute atomic E-state index is 12.2. The van der Waals surface area contributed by atoms with Gasteiger partial charge in [-0.15, -0.1) is 0 Å². The van der Waals surface area contributed by atoms with Gasteiger partial charge in [0.15, 0.2) is 11.5 Å². The number of carbonyl (C=O) groups is 1. The van der Waals surface area contributed by atoms with Crippen LogP contribution in [0.25, 0.3) is 6.08 Å². The summed E-state index contributed by atoms with van der Waals surface area (Å²) in [5, 5.41) is 8.47. The van der Waals surface area contributed by atoms with Crippen LogP contribution < -0.4 is 9.47 Å². The molecule has 0 fully saturated rings. The van der Waals surface area contributed by atoms with Crippen molar-refractivity contribution in [1.29, 1.82) is 0 Å². The third-order valence-electron chi connectivity index (χ3n) is 1.84. The number of alkyl halides is 2. The molecule has 0 aliphatic rings. The van der Waals surface area contributed by atoms with E-state index in [2.05, 4.69) is 4.74 Å². The Bertz CT molecular complexity index is 429. The monoisotopic (exact) mass is 244 g/mol. The summed E-state index contributed by atoms with van der Waals surface area (Å²) in [6, 6.07) is 4.42. The first kappa shape index (κ1) is 13.0. The number of halogens is 2. The minimum atomic E-state index is -3.01. The van der Waals surface area contributed by atoms with E-state index in [0.717, 1.165) is 12.2 Å². The van der Waals surface area contributed by atoms with Crippen LogP contribution in [0.2, 0.25) is 0 Å². The van der Waals surface area contributed by atoms with Crippen molar-refractivity contribution in [1.82, 2.24) is 0 Å². The zero-order chi connectivity index (χ0) is 12.8. The molecule has 0 unspecified atom stereocenters. The standard InChI is InChI=1S/C11H10F2O4/c1-16-8-4-2-3-7(5-6-9(14)15)10(8)17-11(12)13/h2-6,11H,1H3,(H,14,15)/b6-5+. The normalized spacial score (nSPS) is 10.8. The maximum Gasteiger partial charge on any atom is 0.387 e. The largest absolute Gasteiger partial charge is 0.493 e. The molecule has 0 aliphatic carbocycles. The van der Waals surface area contributed by atoms with Gasteiger partial charge in [-0.3, -0.25) is 0 Å². The van der Waals surface area contributed by atoms with Crippen molar-refractivity contribution in [2.75, 3.05) is 7.11 Å². The Labute approximate surface area is 96.1 Å². The molecule has 0 heterocycles. The number of aliphatic carboxylic acids is 1. The number of hydrogen-bond acceptors (Lipinski definition) is 3. The van der Waals surface area contributed by atoms with Crippen LogP contribution in [0.5, 0.6) is 11.5 Å². The van der Waals surface area contributed by atoms with Gasteiger partial charge in [-0.25, -0.2) is 4.79 Å². The number of benzene rings is 1. The minimum Gasteiger partial charge on any atom is -0.493 e. The number of rotatable bonds is 5. The Balaban J connectivity index is 3.14. The van der Waals surface area contributed by atoms with Crippen LogP contribution in [-0.2, 0) is 4.79 Å². The van der Waals surface area contributed by atoms with E-state index in [9.17, 15) is 13.6 Å². The van der Waals surface area contributed by atoms with Crippen LogP contribution in [0.15, 0.2) is 24.3 Å². The van der Waals surface area contributed by atoms with Crippen molar-refractivity contribution in [3.63, 3.8) is 0 Å². The molecule has 0 saturated heterocycles. The number of carboxylic acid groups (broad SMARTS) is 1. The van der Waals surface area contributed by atoms with E-state index >= 15 is 0 Å². The van der Waals surface area contributed by atoms with Gasteiger partial charge in [-0.1, -0.05) is 12.1 Å².